The molecule has 1 saturated heterocycles. The summed E-state index contributed by atoms with van der Waals surface area (Å²) in [4.78, 5) is 4.58. The zero-order chi connectivity index (χ0) is 22.5. The van der Waals surface area contributed by atoms with Crippen molar-refractivity contribution < 1.29 is 18.6 Å². The predicted molar refractivity (Wildman–Crippen MR) is 124 cm³/mol. The molecule has 1 fully saturated rings. The summed E-state index contributed by atoms with van der Waals surface area (Å²) in [6, 6.07) is 6.15. The average Bonchev–Trinajstić information content (AvgIpc) is 3.34. The van der Waals surface area contributed by atoms with E-state index in [1.54, 1.807) is 18.2 Å². The first kappa shape index (κ1) is 22.3. The lowest BCUT2D eigenvalue weighted by molar-refractivity contribution is 0.0480. The summed E-state index contributed by atoms with van der Waals surface area (Å²) in [6.07, 6.45) is 6.86. The quantitative estimate of drug-likeness (QED) is 0.327. The lowest BCUT2D eigenvalue weighted by Crippen LogP contribution is -2.20. The van der Waals surface area contributed by atoms with Crippen molar-refractivity contribution in [2.24, 2.45) is 0 Å². The van der Waals surface area contributed by atoms with Crippen LogP contribution in [0.25, 0.3) is 16.8 Å². The number of hydrogen-bond donors (Lipinski definition) is 2. The Morgan fingerprint density at radius 3 is 3.00 bits per heavy atom. The highest BCUT2D eigenvalue weighted by Gasteiger charge is 2.22. The van der Waals surface area contributed by atoms with Crippen LogP contribution in [-0.2, 0) is 9.47 Å². The number of nitrogens with zero attached hydrogens (tertiary/aromatic N) is 1. The lowest BCUT2D eigenvalue weighted by Gasteiger charge is -2.23. The molecule has 168 valence electrons. The molecule has 4 rings (SSSR count). The van der Waals surface area contributed by atoms with Crippen molar-refractivity contribution in [2.75, 3.05) is 31.7 Å². The van der Waals surface area contributed by atoms with Gasteiger partial charge in [-0.3, -0.25) is 0 Å². The van der Waals surface area contributed by atoms with E-state index < -0.39 is 5.82 Å². The Kier molecular flexibility index (Phi) is 7.07. The van der Waals surface area contributed by atoms with Crippen LogP contribution in [0, 0.1) is 11.2 Å². The number of nitrogens with one attached hydrogen (secondary N) is 2. The van der Waals surface area contributed by atoms with Crippen LogP contribution in [0.5, 0.6) is 5.75 Å². The number of anilines is 1. The van der Waals surface area contributed by atoms with E-state index in [1.807, 2.05) is 13.0 Å². The largest absolute Gasteiger partial charge is 0.489 e. The van der Waals surface area contributed by atoms with Gasteiger partial charge in [-0.1, -0.05) is 17.7 Å². The number of benzene rings is 1. The molecule has 6 nitrogen and oxygen atoms in total. The Balaban J connectivity index is 1.72. The average molecular weight is 458 g/mol. The van der Waals surface area contributed by atoms with Crippen LogP contribution in [0.3, 0.4) is 0 Å². The van der Waals surface area contributed by atoms with E-state index in [9.17, 15) is 4.39 Å². The predicted octanol–water partition coefficient (Wildman–Crippen LogP) is 5.48. The summed E-state index contributed by atoms with van der Waals surface area (Å²) in [5.41, 5.74) is 2.22. The molecular formula is C24H25ClFN3O3. The first-order valence-electron chi connectivity index (χ1n) is 10.6. The number of hydrogen-bond acceptors (Lipinski definition) is 6. The molecule has 8 heteroatoms. The molecule has 1 aromatic heterocycles. The molecule has 2 aliphatic rings. The monoisotopic (exact) mass is 457 g/mol. The van der Waals surface area contributed by atoms with E-state index in [1.165, 1.54) is 18.3 Å². The third-order valence-corrected chi connectivity index (χ3v) is 5.58. The Hall–Kier alpha value is -2.90. The fourth-order valence-electron chi connectivity index (χ4n) is 3.73. The van der Waals surface area contributed by atoms with E-state index in [-0.39, 0.29) is 6.10 Å². The van der Waals surface area contributed by atoms with Gasteiger partial charge in [0.15, 0.2) is 11.6 Å². The molecule has 1 atom stereocenters. The van der Waals surface area contributed by atoms with Gasteiger partial charge >= 0.3 is 0 Å². The molecule has 3 heterocycles. The van der Waals surface area contributed by atoms with Crippen molar-refractivity contribution >= 4 is 29.2 Å². The number of aromatic nitrogens is 1. The summed E-state index contributed by atoms with van der Waals surface area (Å²) in [7, 11) is 0. The van der Waals surface area contributed by atoms with Crippen LogP contribution in [0.4, 0.5) is 10.2 Å². The highest BCUT2D eigenvalue weighted by Crippen LogP contribution is 2.39. The summed E-state index contributed by atoms with van der Waals surface area (Å²) >= 11 is 6.11. The zero-order valence-electron chi connectivity index (χ0n) is 17.8. The van der Waals surface area contributed by atoms with Crippen LogP contribution in [0.15, 0.2) is 42.2 Å². The Morgan fingerprint density at radius 2 is 2.25 bits per heavy atom. The summed E-state index contributed by atoms with van der Waals surface area (Å²) in [5, 5.41) is 11.4. The highest BCUT2D eigenvalue weighted by atomic mass is 35.5. The molecule has 2 aliphatic heterocycles. The Bertz CT molecular complexity index is 1060. The molecule has 0 bridgehead atoms. The van der Waals surface area contributed by atoms with E-state index >= 15 is 0 Å². The Labute approximate surface area is 191 Å². The molecular weight excluding hydrogens is 433 g/mol. The third kappa shape index (κ3) is 4.95. The van der Waals surface area contributed by atoms with Crippen LogP contribution in [0.1, 0.15) is 25.3 Å². The summed E-state index contributed by atoms with van der Waals surface area (Å²) < 4.78 is 31.9. The van der Waals surface area contributed by atoms with E-state index in [0.29, 0.717) is 53.4 Å². The number of fused-ring (bicyclic) bond motifs is 1. The van der Waals surface area contributed by atoms with Crippen molar-refractivity contribution in [3.63, 3.8) is 0 Å². The minimum absolute atomic E-state index is 0.0473. The number of halogens is 2. The standard InChI is InChI=1S/C24H25ClFN3O3/c1-2-15(10-18(13-27)32-14-17-4-3-8-30-17)19-12-22(20-11-16(25)5-6-21(20)26)29-24-23(19)31-9-7-28-24/h2,5-6,10-13,17,27H,3-4,7-9,14H2,1H3,(H,28,29)/b15-2+,18-10+,27-13?. The highest BCUT2D eigenvalue weighted by molar-refractivity contribution is 6.30. The summed E-state index contributed by atoms with van der Waals surface area (Å²) in [6.45, 7) is 4.10. The molecule has 0 saturated carbocycles. The molecule has 1 aromatic carbocycles. The second-order valence-electron chi connectivity index (χ2n) is 7.51. The van der Waals surface area contributed by atoms with Gasteiger partial charge in [0, 0.05) is 22.8 Å². The number of allylic oxidation sites excluding steroid dienone is 4. The number of rotatable bonds is 7. The van der Waals surface area contributed by atoms with Gasteiger partial charge < -0.3 is 24.9 Å². The third-order valence-electron chi connectivity index (χ3n) is 5.34. The van der Waals surface area contributed by atoms with Gasteiger partial charge in [-0.15, -0.1) is 0 Å². The number of ether oxygens (including phenoxy) is 3. The van der Waals surface area contributed by atoms with Gasteiger partial charge in [0.05, 0.1) is 24.6 Å². The van der Waals surface area contributed by atoms with Crippen LogP contribution in [-0.4, -0.2) is 43.7 Å². The molecule has 0 spiro atoms. The van der Waals surface area contributed by atoms with Crippen molar-refractivity contribution in [2.45, 2.75) is 25.9 Å². The molecule has 0 aliphatic carbocycles. The minimum Gasteiger partial charge on any atom is -0.489 e. The molecule has 2 aromatic rings. The van der Waals surface area contributed by atoms with Crippen LogP contribution >= 0.6 is 11.6 Å². The zero-order valence-corrected chi connectivity index (χ0v) is 18.5. The second-order valence-corrected chi connectivity index (χ2v) is 7.95. The van der Waals surface area contributed by atoms with Crippen molar-refractivity contribution in [1.29, 1.82) is 5.41 Å². The van der Waals surface area contributed by atoms with Gasteiger partial charge in [0.1, 0.15) is 24.8 Å². The maximum atomic E-state index is 14.6. The smallest absolute Gasteiger partial charge is 0.170 e. The van der Waals surface area contributed by atoms with Crippen LogP contribution < -0.4 is 10.1 Å². The van der Waals surface area contributed by atoms with Gasteiger partial charge in [0.25, 0.3) is 0 Å². The van der Waals surface area contributed by atoms with Gasteiger partial charge in [0.2, 0.25) is 0 Å². The van der Waals surface area contributed by atoms with Crippen molar-refractivity contribution in [3.05, 3.63) is 58.6 Å². The van der Waals surface area contributed by atoms with E-state index in [0.717, 1.165) is 30.6 Å². The normalized spacial score (nSPS) is 18.5. The first-order valence-corrected chi connectivity index (χ1v) is 11.0. The first-order chi connectivity index (χ1) is 15.6. The minimum atomic E-state index is -0.415. The van der Waals surface area contributed by atoms with Crippen LogP contribution in [0.2, 0.25) is 5.02 Å². The molecule has 0 amide bonds. The molecule has 2 N–H and O–H groups in total. The van der Waals surface area contributed by atoms with Crippen molar-refractivity contribution in [3.8, 4) is 17.0 Å². The van der Waals surface area contributed by atoms with Gasteiger partial charge in [-0.2, -0.15) is 0 Å². The number of pyridine rings is 1. The van der Waals surface area contributed by atoms with Gasteiger partial charge in [-0.05, 0) is 55.7 Å². The summed E-state index contributed by atoms with van der Waals surface area (Å²) in [5.74, 6) is 1.10. The molecule has 0 radical (unpaired) electrons. The SMILES string of the molecule is C/C=C(\C=C(/C=N)OCC1CCCO1)c1cc(-c2cc(Cl)ccc2F)nc2c1OCCN2. The fraction of sp³-hybridized carbons (Fsp3) is 0.333. The maximum absolute atomic E-state index is 14.6. The topological polar surface area (TPSA) is 76.5 Å². The van der Waals surface area contributed by atoms with Crippen molar-refractivity contribution in [1.82, 2.24) is 4.98 Å². The van der Waals surface area contributed by atoms with Gasteiger partial charge in [-0.25, -0.2) is 9.37 Å². The van der Waals surface area contributed by atoms with E-state index in [4.69, 9.17) is 31.2 Å². The fourth-order valence-corrected chi connectivity index (χ4v) is 3.90. The maximum Gasteiger partial charge on any atom is 0.170 e. The second kappa shape index (κ2) is 10.1. The van der Waals surface area contributed by atoms with E-state index in [2.05, 4.69) is 10.3 Å². The lowest BCUT2D eigenvalue weighted by atomic mass is 10.0. The molecule has 32 heavy (non-hydrogen) atoms. The molecule has 1 unspecified atom stereocenters. The Morgan fingerprint density at radius 1 is 1.38 bits per heavy atom.